The maximum atomic E-state index is 13.6. The lowest BCUT2D eigenvalue weighted by molar-refractivity contribution is -0.127. The van der Waals surface area contributed by atoms with E-state index in [1.54, 1.807) is 28.5 Å². The fraction of sp³-hybridized carbons (Fsp3) is 0.320. The van der Waals surface area contributed by atoms with Crippen molar-refractivity contribution in [2.75, 3.05) is 32.1 Å². The summed E-state index contributed by atoms with van der Waals surface area (Å²) < 4.78 is 10.4. The van der Waals surface area contributed by atoms with E-state index in [1.807, 2.05) is 26.0 Å². The second-order valence-corrected chi connectivity index (χ2v) is 11.5. The molecule has 3 amide bonds. The smallest absolute Gasteiger partial charge is 0.259 e. The van der Waals surface area contributed by atoms with E-state index in [0.29, 0.717) is 48.1 Å². The molecule has 0 unspecified atom stereocenters. The van der Waals surface area contributed by atoms with Crippen molar-refractivity contribution in [3.63, 3.8) is 0 Å². The predicted molar refractivity (Wildman–Crippen MR) is 146 cm³/mol. The van der Waals surface area contributed by atoms with Gasteiger partial charge in [0, 0.05) is 36.0 Å². The Hall–Kier alpha value is -3.22. The van der Waals surface area contributed by atoms with E-state index < -0.39 is 0 Å². The standard InChI is InChI=1S/C25H27N5O4S3/c1-5-21(31)30-8-6-7-29(13-16(30)3)24(33)18-10-20(15(2)9-19(18)34-4)36-22-12-26-25(37-22)28-23(32)17-11-27-35-14-17/h5,9-12,14,16H,1,6-8,13H2,2-4H3,(H,26,28,32)/t16-/m1/s1. The van der Waals surface area contributed by atoms with Gasteiger partial charge in [-0.25, -0.2) is 9.36 Å². The zero-order chi connectivity index (χ0) is 26.5. The van der Waals surface area contributed by atoms with E-state index >= 15 is 0 Å². The molecule has 3 heterocycles. The van der Waals surface area contributed by atoms with Crippen molar-refractivity contribution in [3.05, 3.63) is 59.3 Å². The van der Waals surface area contributed by atoms with Gasteiger partial charge in [-0.2, -0.15) is 0 Å². The van der Waals surface area contributed by atoms with Crippen LogP contribution in [0.3, 0.4) is 0 Å². The van der Waals surface area contributed by atoms with E-state index in [9.17, 15) is 14.4 Å². The fourth-order valence-electron chi connectivity index (χ4n) is 4.03. The number of amides is 3. The molecule has 1 saturated heterocycles. The van der Waals surface area contributed by atoms with Gasteiger partial charge in [0.2, 0.25) is 5.91 Å². The highest BCUT2D eigenvalue weighted by Crippen LogP contribution is 2.38. The molecule has 9 nitrogen and oxygen atoms in total. The molecule has 0 bridgehead atoms. The van der Waals surface area contributed by atoms with Crippen molar-refractivity contribution < 1.29 is 19.1 Å². The highest BCUT2D eigenvalue weighted by Gasteiger charge is 2.29. The number of nitrogens with zero attached hydrogens (tertiary/aromatic N) is 4. The highest BCUT2D eigenvalue weighted by molar-refractivity contribution is 8.01. The summed E-state index contributed by atoms with van der Waals surface area (Å²) in [6.07, 6.45) is 5.21. The summed E-state index contributed by atoms with van der Waals surface area (Å²) in [5.74, 6) is -0.0156. The molecule has 12 heteroatoms. The van der Waals surface area contributed by atoms with Gasteiger partial charge in [-0.1, -0.05) is 29.7 Å². The van der Waals surface area contributed by atoms with Crippen molar-refractivity contribution in [3.8, 4) is 5.75 Å². The average molecular weight is 558 g/mol. The molecular formula is C25H27N5O4S3. The number of thiazole rings is 1. The van der Waals surface area contributed by atoms with E-state index in [4.69, 9.17) is 4.74 Å². The number of carbonyl (C=O) groups excluding carboxylic acids is 3. The van der Waals surface area contributed by atoms with Crippen LogP contribution < -0.4 is 10.1 Å². The summed E-state index contributed by atoms with van der Waals surface area (Å²) in [5, 5.41) is 4.95. The molecule has 4 rings (SSSR count). The zero-order valence-corrected chi connectivity index (χ0v) is 23.2. The molecule has 1 aromatic carbocycles. The van der Waals surface area contributed by atoms with Crippen LogP contribution in [0, 0.1) is 6.92 Å². The van der Waals surface area contributed by atoms with Crippen molar-refractivity contribution in [1.82, 2.24) is 19.2 Å². The molecule has 0 saturated carbocycles. The Morgan fingerprint density at radius 2 is 2.08 bits per heavy atom. The van der Waals surface area contributed by atoms with Gasteiger partial charge in [0.1, 0.15) is 5.75 Å². The second-order valence-electron chi connectivity index (χ2n) is 8.46. The van der Waals surface area contributed by atoms with Crippen LogP contribution >= 0.6 is 34.6 Å². The number of hydrogen-bond acceptors (Lipinski definition) is 9. The maximum absolute atomic E-state index is 13.6. The number of hydrogen-bond donors (Lipinski definition) is 1. The molecule has 37 heavy (non-hydrogen) atoms. The normalized spacial score (nSPS) is 15.7. The van der Waals surface area contributed by atoms with Crippen LogP contribution in [0.4, 0.5) is 5.13 Å². The zero-order valence-electron chi connectivity index (χ0n) is 20.7. The molecule has 1 aliphatic rings. The number of ether oxygens (including phenoxy) is 1. The monoisotopic (exact) mass is 557 g/mol. The molecule has 0 spiro atoms. The number of aromatic nitrogens is 2. The minimum absolute atomic E-state index is 0.125. The summed E-state index contributed by atoms with van der Waals surface area (Å²) in [4.78, 5) is 46.9. The first kappa shape index (κ1) is 26.8. The summed E-state index contributed by atoms with van der Waals surface area (Å²) in [6, 6.07) is 3.58. The third-order valence-electron chi connectivity index (χ3n) is 5.93. The van der Waals surface area contributed by atoms with Gasteiger partial charge >= 0.3 is 0 Å². The second kappa shape index (κ2) is 11.9. The molecule has 1 aliphatic heterocycles. The van der Waals surface area contributed by atoms with Gasteiger partial charge in [0.25, 0.3) is 11.8 Å². The molecule has 0 aliphatic carbocycles. The number of rotatable bonds is 7. The number of nitrogens with one attached hydrogen (secondary N) is 1. The van der Waals surface area contributed by atoms with Crippen LogP contribution in [-0.2, 0) is 4.79 Å². The highest BCUT2D eigenvalue weighted by atomic mass is 32.2. The van der Waals surface area contributed by atoms with Crippen molar-refractivity contribution in [1.29, 1.82) is 0 Å². The average Bonchev–Trinajstić information content (AvgIpc) is 3.54. The third kappa shape index (κ3) is 6.20. The molecule has 1 N–H and O–H groups in total. The number of carbonyl (C=O) groups is 3. The van der Waals surface area contributed by atoms with Crippen molar-refractivity contribution >= 4 is 57.5 Å². The Balaban J connectivity index is 1.52. The van der Waals surface area contributed by atoms with E-state index in [2.05, 4.69) is 21.3 Å². The van der Waals surface area contributed by atoms with E-state index in [0.717, 1.165) is 14.7 Å². The van der Waals surface area contributed by atoms with Crippen LogP contribution in [0.1, 0.15) is 39.6 Å². The van der Waals surface area contributed by atoms with Crippen LogP contribution in [0.5, 0.6) is 5.75 Å². The lowest BCUT2D eigenvalue weighted by Crippen LogP contribution is -2.43. The predicted octanol–water partition coefficient (Wildman–Crippen LogP) is 4.57. The molecule has 0 radical (unpaired) electrons. The number of aryl methyl sites for hydroxylation is 1. The van der Waals surface area contributed by atoms with Crippen molar-refractivity contribution in [2.45, 2.75) is 35.4 Å². The van der Waals surface area contributed by atoms with Gasteiger partial charge in [-0.05, 0) is 55.6 Å². The lowest BCUT2D eigenvalue weighted by atomic mass is 10.1. The van der Waals surface area contributed by atoms with E-state index in [1.165, 1.54) is 46.9 Å². The molecule has 194 valence electrons. The first-order chi connectivity index (χ1) is 17.8. The first-order valence-electron chi connectivity index (χ1n) is 11.6. The van der Waals surface area contributed by atoms with Gasteiger partial charge in [-0.15, -0.1) is 0 Å². The Bertz CT molecular complexity index is 1310. The minimum Gasteiger partial charge on any atom is -0.496 e. The molecule has 3 aromatic rings. The van der Waals surface area contributed by atoms with Gasteiger partial charge < -0.3 is 14.5 Å². The molecule has 1 atom stereocenters. The molecule has 2 aromatic heterocycles. The minimum atomic E-state index is -0.256. The Kier molecular flexibility index (Phi) is 8.62. The van der Waals surface area contributed by atoms with E-state index in [-0.39, 0.29) is 23.8 Å². The SMILES string of the molecule is C=CC(=O)N1CCCN(C(=O)c2cc(Sc3cnc(NC(=O)c4cnsc4)s3)c(C)cc2OC)C[C@H]1C. The number of benzene rings is 1. The number of methoxy groups -OCH3 is 1. The van der Waals surface area contributed by atoms with Crippen molar-refractivity contribution in [2.24, 2.45) is 0 Å². The summed E-state index contributed by atoms with van der Waals surface area (Å²) in [5.41, 5.74) is 1.91. The summed E-state index contributed by atoms with van der Waals surface area (Å²) in [7, 11) is 1.55. The fourth-order valence-corrected chi connectivity index (χ4v) is 6.48. The summed E-state index contributed by atoms with van der Waals surface area (Å²) >= 11 is 4.04. The van der Waals surface area contributed by atoms with Crippen LogP contribution in [0.15, 0.2) is 51.7 Å². The Labute approximate surface area is 227 Å². The third-order valence-corrected chi connectivity index (χ3v) is 8.69. The Morgan fingerprint density at radius 1 is 1.27 bits per heavy atom. The molecule has 1 fully saturated rings. The van der Waals surface area contributed by atoms with Gasteiger partial charge in [0.05, 0.1) is 34.8 Å². The quantitative estimate of drug-likeness (QED) is 0.425. The Morgan fingerprint density at radius 3 is 2.78 bits per heavy atom. The van der Waals surface area contributed by atoms with Crippen LogP contribution in [0.2, 0.25) is 0 Å². The topological polar surface area (TPSA) is 105 Å². The first-order valence-corrected chi connectivity index (χ1v) is 14.0. The maximum Gasteiger partial charge on any atom is 0.259 e. The van der Waals surface area contributed by atoms with Crippen LogP contribution in [0.25, 0.3) is 0 Å². The van der Waals surface area contributed by atoms with Gasteiger partial charge in [0.15, 0.2) is 5.13 Å². The number of anilines is 1. The lowest BCUT2D eigenvalue weighted by Gasteiger charge is -2.28. The summed E-state index contributed by atoms with van der Waals surface area (Å²) in [6.45, 7) is 9.03. The molecular weight excluding hydrogens is 531 g/mol. The van der Waals surface area contributed by atoms with Crippen LogP contribution in [-0.4, -0.2) is 69.7 Å². The van der Waals surface area contributed by atoms with Gasteiger partial charge in [-0.3, -0.25) is 19.7 Å². The largest absolute Gasteiger partial charge is 0.496 e.